The number of rotatable bonds is 10. The fourth-order valence-corrected chi connectivity index (χ4v) is 4.30. The van der Waals surface area contributed by atoms with Crippen LogP contribution in [0.15, 0.2) is 0 Å². The quantitative estimate of drug-likeness (QED) is 0.299. The number of carbonyl (C=O) groups is 3. The molecule has 7 nitrogen and oxygen atoms in total. The number of hydrogen-bond acceptors (Lipinski definition) is 5. The van der Waals surface area contributed by atoms with E-state index in [1.165, 1.54) is 0 Å². The molecule has 3 unspecified atom stereocenters. The first-order chi connectivity index (χ1) is 10.7. The van der Waals surface area contributed by atoms with Gasteiger partial charge in [0.1, 0.15) is 12.9 Å². The van der Waals surface area contributed by atoms with Gasteiger partial charge in [-0.1, -0.05) is 6.42 Å². The number of nitrogens with one attached hydrogen (secondary N) is 3. The summed E-state index contributed by atoms with van der Waals surface area (Å²) in [6.45, 7) is 0.869. The van der Waals surface area contributed by atoms with Crippen LogP contribution in [0.2, 0.25) is 0 Å². The van der Waals surface area contributed by atoms with Gasteiger partial charge in [0.15, 0.2) is 0 Å². The number of thioether (sulfide) groups is 1. The lowest BCUT2D eigenvalue weighted by Gasteiger charge is -2.16. The lowest BCUT2D eigenvalue weighted by molar-refractivity contribution is -0.121. The predicted octanol–water partition coefficient (Wildman–Crippen LogP) is 0.0439. The van der Waals surface area contributed by atoms with Crippen LogP contribution in [0.3, 0.4) is 0 Å². The van der Waals surface area contributed by atoms with E-state index >= 15 is 0 Å². The van der Waals surface area contributed by atoms with Gasteiger partial charge >= 0.3 is 6.03 Å². The van der Waals surface area contributed by atoms with E-state index in [0.717, 1.165) is 25.0 Å². The van der Waals surface area contributed by atoms with Crippen molar-refractivity contribution in [3.05, 3.63) is 0 Å². The highest BCUT2D eigenvalue weighted by atomic mass is 32.2. The molecule has 124 valence electrons. The molecule has 0 aromatic heterocycles. The number of carbonyl (C=O) groups excluding carboxylic acids is 3. The number of amides is 3. The Morgan fingerprint density at radius 1 is 1.41 bits per heavy atom. The van der Waals surface area contributed by atoms with Gasteiger partial charge in [-0.2, -0.15) is 11.8 Å². The molecule has 0 radical (unpaired) electrons. The summed E-state index contributed by atoms with van der Waals surface area (Å²) in [4.78, 5) is 32.9. The van der Waals surface area contributed by atoms with Gasteiger partial charge in [-0.15, -0.1) is 0 Å². The van der Waals surface area contributed by atoms with Crippen molar-refractivity contribution in [1.82, 2.24) is 16.0 Å². The lowest BCUT2D eigenvalue weighted by atomic mass is 10.0. The second-order valence-corrected chi connectivity index (χ2v) is 6.73. The van der Waals surface area contributed by atoms with Gasteiger partial charge in [-0.05, 0) is 12.8 Å². The van der Waals surface area contributed by atoms with Crippen molar-refractivity contribution >= 4 is 30.0 Å². The SMILES string of the molecule is O=CCOCCNC(=O)CCCCC1SCC2NC(=O)NC21. The van der Waals surface area contributed by atoms with Gasteiger partial charge in [0.05, 0.1) is 18.7 Å². The second-order valence-electron chi connectivity index (χ2n) is 5.46. The lowest BCUT2D eigenvalue weighted by Crippen LogP contribution is -2.36. The average Bonchev–Trinajstić information content (AvgIpc) is 3.03. The van der Waals surface area contributed by atoms with Crippen LogP contribution in [0.25, 0.3) is 0 Å². The molecule has 3 amide bonds. The summed E-state index contributed by atoms with van der Waals surface area (Å²) in [5.41, 5.74) is 0. The smallest absolute Gasteiger partial charge is 0.315 e. The Bertz CT molecular complexity index is 408. The van der Waals surface area contributed by atoms with E-state index in [2.05, 4.69) is 16.0 Å². The minimum Gasteiger partial charge on any atom is -0.372 e. The fourth-order valence-electron chi connectivity index (χ4n) is 2.76. The molecule has 2 heterocycles. The van der Waals surface area contributed by atoms with Crippen molar-refractivity contribution in [2.75, 3.05) is 25.5 Å². The number of unbranched alkanes of at least 4 members (excludes halogenated alkanes) is 1. The van der Waals surface area contributed by atoms with Crippen molar-refractivity contribution in [2.45, 2.75) is 43.0 Å². The zero-order valence-corrected chi connectivity index (χ0v) is 13.3. The zero-order chi connectivity index (χ0) is 15.8. The van der Waals surface area contributed by atoms with Crippen molar-refractivity contribution in [3.8, 4) is 0 Å². The van der Waals surface area contributed by atoms with E-state index < -0.39 is 0 Å². The third-order valence-corrected chi connectivity index (χ3v) is 5.34. The summed E-state index contributed by atoms with van der Waals surface area (Å²) < 4.78 is 4.95. The fraction of sp³-hybridized carbons (Fsp3) is 0.786. The molecule has 3 atom stereocenters. The Balaban J connectivity index is 1.49. The van der Waals surface area contributed by atoms with Crippen LogP contribution in [0.5, 0.6) is 0 Å². The monoisotopic (exact) mass is 329 g/mol. The third-order valence-electron chi connectivity index (χ3n) is 3.84. The van der Waals surface area contributed by atoms with Gasteiger partial charge in [0.25, 0.3) is 0 Å². The third kappa shape index (κ3) is 5.17. The van der Waals surface area contributed by atoms with Crippen molar-refractivity contribution in [1.29, 1.82) is 0 Å². The molecular weight excluding hydrogens is 306 g/mol. The molecule has 0 bridgehead atoms. The Kier molecular flexibility index (Phi) is 6.98. The first-order valence-electron chi connectivity index (χ1n) is 7.67. The molecule has 0 aromatic carbocycles. The van der Waals surface area contributed by atoms with Gasteiger partial charge < -0.3 is 25.5 Å². The van der Waals surface area contributed by atoms with Gasteiger partial charge in [-0.3, -0.25) is 4.79 Å². The Labute approximate surface area is 134 Å². The minimum atomic E-state index is -0.0588. The number of fused-ring (bicyclic) bond motifs is 1. The topological polar surface area (TPSA) is 96.5 Å². The van der Waals surface area contributed by atoms with Crippen LogP contribution in [0, 0.1) is 0 Å². The van der Waals surface area contributed by atoms with Crippen molar-refractivity contribution in [3.63, 3.8) is 0 Å². The second kappa shape index (κ2) is 8.99. The molecule has 0 spiro atoms. The Morgan fingerprint density at radius 2 is 2.27 bits per heavy atom. The van der Waals surface area contributed by atoms with Crippen LogP contribution < -0.4 is 16.0 Å². The molecule has 22 heavy (non-hydrogen) atoms. The van der Waals surface area contributed by atoms with Crippen LogP contribution in [-0.4, -0.2) is 61.1 Å². The van der Waals surface area contributed by atoms with E-state index in [9.17, 15) is 14.4 Å². The minimum absolute atomic E-state index is 0.0162. The maximum absolute atomic E-state index is 11.6. The zero-order valence-electron chi connectivity index (χ0n) is 12.5. The molecule has 2 aliphatic rings. The van der Waals surface area contributed by atoms with Crippen molar-refractivity contribution in [2.24, 2.45) is 0 Å². The average molecular weight is 329 g/mol. The largest absolute Gasteiger partial charge is 0.372 e. The number of hydrogen-bond donors (Lipinski definition) is 3. The first-order valence-corrected chi connectivity index (χ1v) is 8.72. The van der Waals surface area contributed by atoms with Crippen molar-refractivity contribution < 1.29 is 19.1 Å². The maximum atomic E-state index is 11.6. The predicted molar refractivity (Wildman–Crippen MR) is 83.9 cm³/mol. The normalized spacial score (nSPS) is 26.2. The number of aldehydes is 1. The number of ether oxygens (including phenoxy) is 1. The number of urea groups is 1. The summed E-state index contributed by atoms with van der Waals surface area (Å²) in [6.07, 6.45) is 4.03. The molecule has 2 fully saturated rings. The summed E-state index contributed by atoms with van der Waals surface area (Å²) in [7, 11) is 0. The molecule has 3 N–H and O–H groups in total. The highest BCUT2D eigenvalue weighted by Gasteiger charge is 2.42. The van der Waals surface area contributed by atoms with E-state index in [-0.39, 0.29) is 30.6 Å². The van der Waals surface area contributed by atoms with Gasteiger partial charge in [0.2, 0.25) is 5.91 Å². The van der Waals surface area contributed by atoms with Crippen LogP contribution >= 0.6 is 11.8 Å². The highest BCUT2D eigenvalue weighted by molar-refractivity contribution is 8.00. The van der Waals surface area contributed by atoms with Gasteiger partial charge in [-0.25, -0.2) is 4.79 Å². The Morgan fingerprint density at radius 3 is 3.09 bits per heavy atom. The summed E-state index contributed by atoms with van der Waals surface area (Å²) in [5, 5.41) is 9.10. The van der Waals surface area contributed by atoms with E-state index in [4.69, 9.17) is 4.74 Å². The van der Waals surface area contributed by atoms with E-state index in [1.807, 2.05) is 11.8 Å². The van der Waals surface area contributed by atoms with E-state index in [0.29, 0.717) is 31.1 Å². The summed E-state index contributed by atoms with van der Waals surface area (Å²) in [6, 6.07) is 0.440. The molecular formula is C14H23N3O4S. The summed E-state index contributed by atoms with van der Waals surface area (Å²) in [5.74, 6) is 0.984. The summed E-state index contributed by atoms with van der Waals surface area (Å²) >= 11 is 1.89. The van der Waals surface area contributed by atoms with Crippen LogP contribution in [0.4, 0.5) is 4.79 Å². The maximum Gasteiger partial charge on any atom is 0.315 e. The molecule has 0 aromatic rings. The molecule has 2 rings (SSSR count). The van der Waals surface area contributed by atoms with Crippen LogP contribution in [-0.2, 0) is 14.3 Å². The van der Waals surface area contributed by atoms with Crippen LogP contribution in [0.1, 0.15) is 25.7 Å². The standard InChI is InChI=1S/C14H23N3O4S/c18-6-8-21-7-5-15-12(19)4-2-1-3-11-13-10(9-22-11)16-14(20)17-13/h6,10-11,13H,1-5,7-9H2,(H,15,19)(H2,16,17,20). The highest BCUT2D eigenvalue weighted by Crippen LogP contribution is 2.33. The molecule has 0 aliphatic carbocycles. The molecule has 2 aliphatic heterocycles. The molecule has 0 saturated carbocycles. The Hall–Kier alpha value is -1.28. The first kappa shape index (κ1) is 17.1. The molecule has 2 saturated heterocycles. The molecule has 8 heteroatoms. The van der Waals surface area contributed by atoms with Gasteiger partial charge in [0, 0.05) is 24.0 Å². The van der Waals surface area contributed by atoms with E-state index in [1.54, 1.807) is 0 Å².